The van der Waals surface area contributed by atoms with E-state index in [2.05, 4.69) is 9.97 Å². The number of rotatable bonds is 2. The predicted molar refractivity (Wildman–Crippen MR) is 70.2 cm³/mol. The second kappa shape index (κ2) is 4.53. The highest BCUT2D eigenvalue weighted by Crippen LogP contribution is 2.15. The topological polar surface area (TPSA) is 57.0 Å². The van der Waals surface area contributed by atoms with E-state index in [0.29, 0.717) is 17.2 Å². The van der Waals surface area contributed by atoms with E-state index in [9.17, 15) is 4.79 Å². The summed E-state index contributed by atoms with van der Waals surface area (Å²) in [6.07, 6.45) is 3.46. The maximum Gasteiger partial charge on any atom is 0.355 e. The zero-order valence-electron chi connectivity index (χ0n) is 10.3. The average Bonchev–Trinajstić information content (AvgIpc) is 2.95. The number of carbonyl (C=O) groups excluding carboxylic acids is 1. The van der Waals surface area contributed by atoms with Crippen molar-refractivity contribution in [3.63, 3.8) is 0 Å². The Morgan fingerprint density at radius 3 is 2.95 bits per heavy atom. The average molecular weight is 253 g/mol. The van der Waals surface area contributed by atoms with Gasteiger partial charge in [0.1, 0.15) is 11.5 Å². The molecule has 3 aromatic rings. The number of aromatic nitrogens is 3. The van der Waals surface area contributed by atoms with Gasteiger partial charge in [-0.05, 0) is 36.4 Å². The van der Waals surface area contributed by atoms with Gasteiger partial charge in [-0.1, -0.05) is 0 Å². The molecule has 0 aliphatic rings. The summed E-state index contributed by atoms with van der Waals surface area (Å²) < 4.78 is 6.42. The summed E-state index contributed by atoms with van der Waals surface area (Å²) in [6, 6.07) is 11.0. The summed E-state index contributed by atoms with van der Waals surface area (Å²) in [5, 5.41) is 0.957. The largest absolute Gasteiger partial charge is 0.464 e. The lowest BCUT2D eigenvalue weighted by molar-refractivity contribution is 0.0591. The Bertz CT molecular complexity index is 749. The van der Waals surface area contributed by atoms with Crippen molar-refractivity contribution < 1.29 is 9.53 Å². The number of carbonyl (C=O) groups is 1. The van der Waals surface area contributed by atoms with E-state index in [1.165, 1.54) is 7.11 Å². The van der Waals surface area contributed by atoms with Crippen LogP contribution < -0.4 is 0 Å². The van der Waals surface area contributed by atoms with Gasteiger partial charge < -0.3 is 4.74 Å². The molecule has 3 rings (SSSR count). The highest BCUT2D eigenvalue weighted by molar-refractivity contribution is 5.88. The molecule has 0 fully saturated rings. The van der Waals surface area contributed by atoms with Crippen molar-refractivity contribution in [2.45, 2.75) is 0 Å². The molecule has 3 aromatic heterocycles. The molecule has 0 saturated carbocycles. The van der Waals surface area contributed by atoms with Crippen LogP contribution in [0.2, 0.25) is 0 Å². The minimum Gasteiger partial charge on any atom is -0.464 e. The third-order valence-corrected chi connectivity index (χ3v) is 2.84. The van der Waals surface area contributed by atoms with Crippen molar-refractivity contribution in [2.75, 3.05) is 7.11 Å². The van der Waals surface area contributed by atoms with E-state index in [1.54, 1.807) is 29.1 Å². The molecule has 0 spiro atoms. The van der Waals surface area contributed by atoms with E-state index in [1.807, 2.05) is 24.3 Å². The lowest BCUT2D eigenvalue weighted by Crippen LogP contribution is -2.09. The molecular formula is C14H11N3O2. The monoisotopic (exact) mass is 253 g/mol. The molecule has 0 aliphatic heterocycles. The number of hydrogen-bond acceptors (Lipinski definition) is 4. The molecule has 0 N–H and O–H groups in total. The number of pyridine rings is 2. The van der Waals surface area contributed by atoms with Gasteiger partial charge in [-0.3, -0.25) is 4.57 Å². The normalized spacial score (nSPS) is 10.6. The predicted octanol–water partition coefficient (Wildman–Crippen LogP) is 2.21. The van der Waals surface area contributed by atoms with Gasteiger partial charge in [0.25, 0.3) is 0 Å². The first-order chi connectivity index (χ1) is 9.29. The van der Waals surface area contributed by atoms with Gasteiger partial charge in [-0.15, -0.1) is 0 Å². The number of ether oxygens (including phenoxy) is 1. The van der Waals surface area contributed by atoms with Crippen molar-refractivity contribution in [3.05, 3.63) is 54.5 Å². The number of methoxy groups -OCH3 is 1. The SMILES string of the molecule is COC(=O)c1cccn1-c1ccc2cccnc2n1. The standard InChI is InChI=1S/C14H11N3O2/c1-19-14(18)11-5-3-9-17(11)12-7-6-10-4-2-8-15-13(10)16-12/h2-9H,1H3. The molecule has 5 nitrogen and oxygen atoms in total. The molecule has 0 radical (unpaired) electrons. The van der Waals surface area contributed by atoms with Crippen LogP contribution in [-0.2, 0) is 4.74 Å². The second-order valence-electron chi connectivity index (χ2n) is 3.97. The lowest BCUT2D eigenvalue weighted by atomic mass is 10.3. The molecule has 0 aromatic carbocycles. The van der Waals surface area contributed by atoms with Gasteiger partial charge >= 0.3 is 5.97 Å². The van der Waals surface area contributed by atoms with E-state index >= 15 is 0 Å². The van der Waals surface area contributed by atoms with E-state index in [4.69, 9.17) is 4.74 Å². The highest BCUT2D eigenvalue weighted by atomic mass is 16.5. The maximum atomic E-state index is 11.6. The Hall–Kier alpha value is -2.69. The summed E-state index contributed by atoms with van der Waals surface area (Å²) in [5.74, 6) is 0.240. The van der Waals surface area contributed by atoms with Crippen molar-refractivity contribution in [1.82, 2.24) is 14.5 Å². The molecule has 94 valence electrons. The summed E-state index contributed by atoms with van der Waals surface area (Å²) in [7, 11) is 1.36. The van der Waals surface area contributed by atoms with E-state index < -0.39 is 5.97 Å². The quantitative estimate of drug-likeness (QED) is 0.657. The molecule has 3 heterocycles. The van der Waals surface area contributed by atoms with Gasteiger partial charge in [0.2, 0.25) is 0 Å². The molecular weight excluding hydrogens is 242 g/mol. The fourth-order valence-corrected chi connectivity index (χ4v) is 1.93. The molecule has 0 amide bonds. The minimum atomic E-state index is -0.395. The summed E-state index contributed by atoms with van der Waals surface area (Å²) in [6.45, 7) is 0. The fourth-order valence-electron chi connectivity index (χ4n) is 1.93. The van der Waals surface area contributed by atoms with E-state index in [0.717, 1.165) is 5.39 Å². The minimum absolute atomic E-state index is 0.395. The molecule has 0 atom stereocenters. The van der Waals surface area contributed by atoms with Crippen molar-refractivity contribution in [2.24, 2.45) is 0 Å². The summed E-state index contributed by atoms with van der Waals surface area (Å²) in [5.41, 5.74) is 1.08. The van der Waals surface area contributed by atoms with Crippen LogP contribution in [0, 0.1) is 0 Å². The Labute approximate surface area is 109 Å². The van der Waals surface area contributed by atoms with Crippen LogP contribution in [-0.4, -0.2) is 27.6 Å². The third kappa shape index (κ3) is 1.95. The van der Waals surface area contributed by atoms with Crippen LogP contribution in [0.4, 0.5) is 0 Å². The first-order valence-corrected chi connectivity index (χ1v) is 5.77. The Balaban J connectivity index is 2.14. The Kier molecular flexibility index (Phi) is 2.72. The number of hydrogen-bond donors (Lipinski definition) is 0. The lowest BCUT2D eigenvalue weighted by Gasteiger charge is -2.07. The first-order valence-electron chi connectivity index (χ1n) is 5.77. The van der Waals surface area contributed by atoms with Crippen LogP contribution in [0.3, 0.4) is 0 Å². The first kappa shape index (κ1) is 11.4. The Morgan fingerprint density at radius 2 is 2.11 bits per heavy atom. The maximum absolute atomic E-state index is 11.6. The van der Waals surface area contributed by atoms with Crippen LogP contribution >= 0.6 is 0 Å². The van der Waals surface area contributed by atoms with Crippen LogP contribution in [0.1, 0.15) is 10.5 Å². The number of nitrogens with zero attached hydrogens (tertiary/aromatic N) is 3. The molecule has 0 bridgehead atoms. The molecule has 5 heteroatoms. The third-order valence-electron chi connectivity index (χ3n) is 2.84. The summed E-state index contributed by atoms with van der Waals surface area (Å²) in [4.78, 5) is 20.3. The second-order valence-corrected chi connectivity index (χ2v) is 3.97. The molecule has 19 heavy (non-hydrogen) atoms. The summed E-state index contributed by atoms with van der Waals surface area (Å²) >= 11 is 0. The van der Waals surface area contributed by atoms with Crippen LogP contribution in [0.5, 0.6) is 0 Å². The zero-order valence-corrected chi connectivity index (χ0v) is 10.3. The van der Waals surface area contributed by atoms with Crippen LogP contribution in [0.25, 0.3) is 16.9 Å². The van der Waals surface area contributed by atoms with Crippen molar-refractivity contribution in [3.8, 4) is 5.82 Å². The number of fused-ring (bicyclic) bond motifs is 1. The van der Waals surface area contributed by atoms with E-state index in [-0.39, 0.29) is 0 Å². The highest BCUT2D eigenvalue weighted by Gasteiger charge is 2.13. The smallest absolute Gasteiger partial charge is 0.355 e. The van der Waals surface area contributed by atoms with Crippen LogP contribution in [0.15, 0.2) is 48.8 Å². The van der Waals surface area contributed by atoms with Gasteiger partial charge in [-0.2, -0.15) is 0 Å². The molecule has 0 unspecified atom stereocenters. The fraction of sp³-hybridized carbons (Fsp3) is 0.0714. The Morgan fingerprint density at radius 1 is 1.21 bits per heavy atom. The molecule has 0 aliphatic carbocycles. The van der Waals surface area contributed by atoms with Gasteiger partial charge in [-0.25, -0.2) is 14.8 Å². The van der Waals surface area contributed by atoms with Crippen molar-refractivity contribution >= 4 is 17.0 Å². The van der Waals surface area contributed by atoms with Gasteiger partial charge in [0.05, 0.1) is 7.11 Å². The van der Waals surface area contributed by atoms with Gasteiger partial charge in [0, 0.05) is 17.8 Å². The zero-order chi connectivity index (χ0) is 13.2. The molecule has 0 saturated heterocycles. The van der Waals surface area contributed by atoms with Crippen molar-refractivity contribution in [1.29, 1.82) is 0 Å². The number of esters is 1. The van der Waals surface area contributed by atoms with Gasteiger partial charge in [0.15, 0.2) is 5.65 Å².